The summed E-state index contributed by atoms with van der Waals surface area (Å²) in [7, 11) is 0. The first-order chi connectivity index (χ1) is 26.3. The number of aliphatic hydroxyl groups excluding tert-OH is 1. The summed E-state index contributed by atoms with van der Waals surface area (Å²) in [6.45, 7) is 1.03. The highest BCUT2D eigenvalue weighted by molar-refractivity contribution is 6.03. The van der Waals surface area contributed by atoms with Gasteiger partial charge in [0.25, 0.3) is 5.69 Å². The Bertz CT molecular complexity index is 1730. The molecule has 1 aromatic carbocycles. The molecule has 2 rings (SSSR count). The maximum absolute atomic E-state index is 13.8. The average molecular weight is 791 g/mol. The summed E-state index contributed by atoms with van der Waals surface area (Å²) >= 11 is 0. The van der Waals surface area contributed by atoms with Gasteiger partial charge < -0.3 is 58.8 Å². The summed E-state index contributed by atoms with van der Waals surface area (Å²) in [6, 6.07) is -3.27. The molecule has 56 heavy (non-hydrogen) atoms. The number of guanidine groups is 1. The van der Waals surface area contributed by atoms with E-state index in [1.54, 1.807) is 0 Å². The summed E-state index contributed by atoms with van der Waals surface area (Å²) in [5.74, 6) is -8.97. The lowest BCUT2D eigenvalue weighted by molar-refractivity contribution is -0.384. The number of aliphatic hydroxyl groups is 1. The quantitative estimate of drug-likeness (QED) is 0.0170. The molecule has 0 saturated heterocycles. The van der Waals surface area contributed by atoms with Crippen LogP contribution in [0.2, 0.25) is 0 Å². The van der Waals surface area contributed by atoms with Crippen molar-refractivity contribution in [2.24, 2.45) is 28.1 Å². The van der Waals surface area contributed by atoms with Crippen LogP contribution in [0, 0.1) is 16.0 Å². The average Bonchev–Trinajstić information content (AvgIpc) is 3.64. The number of nitro groups is 1. The molecule has 14 N–H and O–H groups in total. The predicted octanol–water partition coefficient (Wildman–Crippen LogP) is -3.58. The number of carboxylic acid groups (broad SMARTS) is 2. The monoisotopic (exact) mass is 790 g/mol. The van der Waals surface area contributed by atoms with Crippen LogP contribution in [-0.4, -0.2) is 128 Å². The van der Waals surface area contributed by atoms with Gasteiger partial charge in [-0.05, 0) is 30.9 Å². The standard InChI is InChI=1S/C32H46N12O12/c1-16(2)26(42-28(51)22(11-24(46)47)40-27(50)20(33)10-17-12-36-15-38-17)30(53)41-23(14-45)29(52)39-21(4-3-9-37-32(34)35)31(54)43(13-25(48)49)18-5-7-19(8-6-18)44(55)56/h5-8,12,15-16,20-23,26,45H,3-4,9-11,13-14,33H2,1-2H3,(H,36,38)(H,39,52)(H,40,50)(H,41,53)(H,42,51)(H,46,47)(H,48,49)(H4,34,35,37)/t20-,21-,22-,23-,26-/m0/s1. The van der Waals surface area contributed by atoms with Crippen LogP contribution < -0.4 is 43.4 Å². The first kappa shape index (κ1) is 45.5. The Hall–Kier alpha value is -6.69. The number of nitrogens with zero attached hydrogens (tertiary/aromatic N) is 4. The number of amides is 5. The summed E-state index contributed by atoms with van der Waals surface area (Å²) in [6.07, 6.45) is 1.74. The third-order valence-corrected chi connectivity index (χ3v) is 7.90. The van der Waals surface area contributed by atoms with Gasteiger partial charge in [-0.3, -0.25) is 53.6 Å². The predicted molar refractivity (Wildman–Crippen MR) is 195 cm³/mol. The fourth-order valence-electron chi connectivity index (χ4n) is 5.04. The van der Waals surface area contributed by atoms with E-state index < -0.39 is 102 Å². The molecular formula is C32H46N12O12. The Morgan fingerprint density at radius 1 is 0.911 bits per heavy atom. The molecule has 0 fully saturated rings. The topological polar surface area (TPSA) is 394 Å². The highest BCUT2D eigenvalue weighted by Gasteiger charge is 2.35. The van der Waals surface area contributed by atoms with E-state index >= 15 is 0 Å². The van der Waals surface area contributed by atoms with E-state index in [2.05, 4.69) is 36.2 Å². The molecule has 0 unspecified atom stereocenters. The summed E-state index contributed by atoms with van der Waals surface area (Å²) in [5.41, 5.74) is 16.7. The van der Waals surface area contributed by atoms with E-state index in [4.69, 9.17) is 17.2 Å². The highest BCUT2D eigenvalue weighted by Crippen LogP contribution is 2.21. The first-order valence-corrected chi connectivity index (χ1v) is 16.9. The van der Waals surface area contributed by atoms with Crippen LogP contribution in [0.25, 0.3) is 0 Å². The molecule has 0 spiro atoms. The number of nitrogens with one attached hydrogen (secondary N) is 5. The number of carbonyl (C=O) groups excluding carboxylic acids is 5. The molecule has 0 aliphatic heterocycles. The molecule has 0 aliphatic carbocycles. The Kier molecular flexibility index (Phi) is 17.8. The van der Waals surface area contributed by atoms with Crippen molar-refractivity contribution in [1.29, 1.82) is 0 Å². The Balaban J connectivity index is 2.28. The van der Waals surface area contributed by atoms with Crippen molar-refractivity contribution in [2.45, 2.75) is 69.7 Å². The molecule has 24 heteroatoms. The lowest BCUT2D eigenvalue weighted by Crippen LogP contribution is -2.61. The van der Waals surface area contributed by atoms with Gasteiger partial charge in [-0.2, -0.15) is 0 Å². The molecule has 0 bridgehead atoms. The minimum atomic E-state index is -1.75. The second-order valence-electron chi connectivity index (χ2n) is 12.6. The largest absolute Gasteiger partial charge is 0.481 e. The Labute approximate surface area is 318 Å². The molecule has 0 saturated carbocycles. The molecule has 1 heterocycles. The number of aromatic amines is 1. The number of anilines is 1. The number of imidazole rings is 1. The number of hydrogen-bond donors (Lipinski definition) is 11. The lowest BCUT2D eigenvalue weighted by Gasteiger charge is -2.29. The molecule has 24 nitrogen and oxygen atoms in total. The van der Waals surface area contributed by atoms with E-state index in [0.717, 1.165) is 29.2 Å². The van der Waals surface area contributed by atoms with E-state index in [0.29, 0.717) is 5.69 Å². The van der Waals surface area contributed by atoms with Crippen LogP contribution in [0.15, 0.2) is 41.8 Å². The second-order valence-corrected chi connectivity index (χ2v) is 12.6. The third-order valence-electron chi connectivity index (χ3n) is 7.90. The van der Waals surface area contributed by atoms with Crippen LogP contribution in [0.1, 0.15) is 38.8 Å². The molecule has 0 aliphatic rings. The molecule has 5 amide bonds. The number of non-ortho nitro benzene ring substituents is 1. The minimum absolute atomic E-state index is 0.0199. The van der Waals surface area contributed by atoms with Crippen molar-refractivity contribution in [3.8, 4) is 0 Å². The zero-order chi connectivity index (χ0) is 42.1. The van der Waals surface area contributed by atoms with Crippen LogP contribution in [0.4, 0.5) is 11.4 Å². The van der Waals surface area contributed by atoms with Crippen LogP contribution in [0.3, 0.4) is 0 Å². The number of aliphatic imine (C=N–C) groups is 1. The van der Waals surface area contributed by atoms with Crippen LogP contribution in [-0.2, 0) is 40.0 Å². The SMILES string of the molecule is CC(C)[C@H](NC(=O)[C@H](CC(=O)O)NC(=O)[C@@H](N)Cc1cnc[nH]1)C(=O)N[C@@H](CO)C(=O)N[C@@H](CCCN=C(N)N)C(=O)N(CC(=O)O)c1ccc([N+](=O)[O-])cc1. The van der Waals surface area contributed by atoms with Gasteiger partial charge in [0.05, 0.1) is 30.3 Å². The van der Waals surface area contributed by atoms with Gasteiger partial charge in [0.15, 0.2) is 5.96 Å². The number of hydrogen-bond acceptors (Lipinski definition) is 13. The zero-order valence-electron chi connectivity index (χ0n) is 30.4. The number of nitrogens with two attached hydrogens (primary N) is 3. The first-order valence-electron chi connectivity index (χ1n) is 16.9. The number of rotatable bonds is 23. The van der Waals surface area contributed by atoms with Gasteiger partial charge in [0, 0.05) is 42.7 Å². The number of H-pyrrole nitrogens is 1. The van der Waals surface area contributed by atoms with Crippen molar-refractivity contribution < 1.29 is 53.8 Å². The summed E-state index contributed by atoms with van der Waals surface area (Å²) in [4.78, 5) is 112. The summed E-state index contributed by atoms with van der Waals surface area (Å²) in [5, 5.41) is 49.5. The molecule has 2 aromatic rings. The number of benzene rings is 1. The van der Waals surface area contributed by atoms with Crippen LogP contribution >= 0.6 is 0 Å². The van der Waals surface area contributed by atoms with Gasteiger partial charge in [0.2, 0.25) is 29.5 Å². The highest BCUT2D eigenvalue weighted by atomic mass is 16.6. The van der Waals surface area contributed by atoms with Crippen molar-refractivity contribution >= 4 is 58.8 Å². The number of aliphatic carboxylic acids is 2. The minimum Gasteiger partial charge on any atom is -0.481 e. The summed E-state index contributed by atoms with van der Waals surface area (Å²) < 4.78 is 0. The van der Waals surface area contributed by atoms with Crippen molar-refractivity contribution in [2.75, 3.05) is 24.6 Å². The van der Waals surface area contributed by atoms with Crippen molar-refractivity contribution in [3.63, 3.8) is 0 Å². The maximum atomic E-state index is 13.8. The van der Waals surface area contributed by atoms with E-state index in [1.807, 2.05) is 0 Å². The number of aromatic nitrogens is 2. The second kappa shape index (κ2) is 21.9. The van der Waals surface area contributed by atoms with E-state index in [9.17, 15) is 59.0 Å². The fraction of sp³-hybridized carbons (Fsp3) is 0.469. The van der Waals surface area contributed by atoms with E-state index in [-0.39, 0.29) is 43.1 Å². The smallest absolute Gasteiger partial charge is 0.323 e. The molecular weight excluding hydrogens is 744 g/mol. The van der Waals surface area contributed by atoms with Crippen LogP contribution in [0.5, 0.6) is 0 Å². The van der Waals surface area contributed by atoms with Crippen molar-refractivity contribution in [1.82, 2.24) is 31.2 Å². The third kappa shape index (κ3) is 14.6. The fourth-order valence-corrected chi connectivity index (χ4v) is 5.04. The molecule has 306 valence electrons. The van der Waals surface area contributed by atoms with Crippen molar-refractivity contribution in [3.05, 3.63) is 52.6 Å². The molecule has 0 radical (unpaired) electrons. The molecule has 5 atom stereocenters. The molecule has 1 aromatic heterocycles. The Morgan fingerprint density at radius 2 is 1.52 bits per heavy atom. The Morgan fingerprint density at radius 3 is 2.04 bits per heavy atom. The van der Waals surface area contributed by atoms with Gasteiger partial charge in [0.1, 0.15) is 30.7 Å². The number of carboxylic acids is 2. The normalized spacial score (nSPS) is 13.5. The number of carbonyl (C=O) groups is 7. The lowest BCUT2D eigenvalue weighted by atomic mass is 10.0. The van der Waals surface area contributed by atoms with Gasteiger partial charge in [-0.15, -0.1) is 0 Å². The van der Waals surface area contributed by atoms with Gasteiger partial charge in [-0.1, -0.05) is 13.8 Å². The number of nitro benzene ring substituents is 1. The zero-order valence-corrected chi connectivity index (χ0v) is 30.4. The van der Waals surface area contributed by atoms with Gasteiger partial charge in [-0.25, -0.2) is 4.98 Å². The van der Waals surface area contributed by atoms with E-state index in [1.165, 1.54) is 26.4 Å². The maximum Gasteiger partial charge on any atom is 0.323 e. The van der Waals surface area contributed by atoms with Gasteiger partial charge >= 0.3 is 11.9 Å².